The summed E-state index contributed by atoms with van der Waals surface area (Å²) >= 11 is 12.2. The molecule has 62 heavy (non-hydrogen) atoms. The molecule has 31 heteroatoms. The third-order valence-corrected chi connectivity index (χ3v) is 11.5. The number of H-pyrrole nitrogens is 3. The van der Waals surface area contributed by atoms with Crippen LogP contribution < -0.4 is 21.6 Å². The molecule has 0 bridgehead atoms. The molecule has 0 aliphatic carbocycles. The molecule has 0 unspecified atom stereocenters. The minimum Gasteiger partial charge on any atom is -0.505 e. The highest BCUT2D eigenvalue weighted by molar-refractivity contribution is 7.86. The topological polar surface area (TPSA) is 395 Å². The van der Waals surface area contributed by atoms with E-state index in [1.807, 2.05) is 0 Å². The molecule has 0 saturated carbocycles. The van der Waals surface area contributed by atoms with E-state index < -0.39 is 110 Å². The normalized spacial score (nSPS) is 13.8. The molecule has 0 aliphatic rings. The van der Waals surface area contributed by atoms with Crippen molar-refractivity contribution < 1.29 is 61.7 Å². The van der Waals surface area contributed by atoms with E-state index in [0.717, 1.165) is 36.4 Å². The Kier molecular flexibility index (Phi) is 12.5. The molecule has 0 amide bonds. The van der Waals surface area contributed by atoms with Gasteiger partial charge in [0.1, 0.15) is 26.1 Å². The Morgan fingerprint density at radius 3 is 1.94 bits per heavy atom. The van der Waals surface area contributed by atoms with Crippen LogP contribution in [0.15, 0.2) is 105 Å². The van der Waals surface area contributed by atoms with Crippen LogP contribution in [-0.4, -0.2) is 93.0 Å². The first-order chi connectivity index (χ1) is 28.8. The van der Waals surface area contributed by atoms with Gasteiger partial charge in [-0.2, -0.15) is 48.6 Å². The number of hydrogen-bond acceptors (Lipinski definition) is 18. The number of nitrogens with zero attached hydrogens (tertiary/aromatic N) is 8. The number of aromatic nitrogens is 6. The fourth-order valence-electron chi connectivity index (χ4n) is 5.24. The smallest absolute Gasteiger partial charge is 0.299 e. The van der Waals surface area contributed by atoms with E-state index in [9.17, 15) is 57.0 Å². The molecule has 4 aromatic carbocycles. The fraction of sp³-hybridized carbons (Fsp3) is 0.0968. The zero-order valence-electron chi connectivity index (χ0n) is 30.7. The van der Waals surface area contributed by atoms with Gasteiger partial charge in [-0.25, -0.2) is 15.0 Å². The van der Waals surface area contributed by atoms with Gasteiger partial charge in [0, 0.05) is 0 Å². The number of aromatic hydroxyl groups is 1. The zero-order chi connectivity index (χ0) is 45.5. The Morgan fingerprint density at radius 1 is 0.645 bits per heavy atom. The summed E-state index contributed by atoms with van der Waals surface area (Å²) in [6.45, 7) is 3.38. The number of phenols is 1. The Balaban J connectivity index is 1.58. The van der Waals surface area contributed by atoms with Crippen molar-refractivity contribution >= 4 is 103 Å². The third kappa shape index (κ3) is 10.7. The summed E-state index contributed by atoms with van der Waals surface area (Å²) in [4.78, 5) is 28.5. The molecular weight excluding hydrogens is 950 g/mol. The molecule has 25 nitrogen and oxygen atoms in total. The maximum absolute atomic E-state index is 12.5. The van der Waals surface area contributed by atoms with E-state index in [2.05, 4.69) is 55.1 Å². The molecule has 0 saturated heterocycles. The van der Waals surface area contributed by atoms with Gasteiger partial charge >= 0.3 is 0 Å². The van der Waals surface area contributed by atoms with Crippen LogP contribution >= 0.6 is 23.2 Å². The molecule has 0 fully saturated rings. The van der Waals surface area contributed by atoms with Crippen LogP contribution in [0.25, 0.3) is 10.8 Å². The number of hydrogen-bond donors (Lipinski definition) is 8. The van der Waals surface area contributed by atoms with Crippen molar-refractivity contribution in [2.24, 2.45) is 25.2 Å². The lowest BCUT2D eigenvalue weighted by Gasteiger charge is -2.12. The van der Waals surface area contributed by atoms with E-state index in [1.54, 1.807) is 13.8 Å². The fourth-order valence-corrected chi connectivity index (χ4v) is 7.99. The van der Waals surface area contributed by atoms with Crippen LogP contribution in [0.5, 0.6) is 11.8 Å². The first-order valence-corrected chi connectivity index (χ1v) is 23.0. The number of aromatic amines is 3. The van der Waals surface area contributed by atoms with Crippen molar-refractivity contribution in [3.8, 4) is 11.8 Å². The van der Waals surface area contributed by atoms with E-state index >= 15 is 0 Å². The monoisotopic (exact) mass is 973 g/mol. The Labute approximate surface area is 357 Å². The molecule has 0 atom stereocenters. The van der Waals surface area contributed by atoms with Crippen molar-refractivity contribution in [2.75, 3.05) is 0 Å². The quantitative estimate of drug-likeness (QED) is 0.0674. The third-order valence-electron chi connectivity index (χ3n) is 7.61. The van der Waals surface area contributed by atoms with Crippen molar-refractivity contribution in [1.82, 2.24) is 29.9 Å². The van der Waals surface area contributed by atoms with Crippen molar-refractivity contribution in [3.05, 3.63) is 88.1 Å². The van der Waals surface area contributed by atoms with Gasteiger partial charge in [0.15, 0.2) is 5.75 Å². The molecule has 2 aromatic heterocycles. The van der Waals surface area contributed by atoms with Gasteiger partial charge in [0.2, 0.25) is 27.4 Å². The summed E-state index contributed by atoms with van der Waals surface area (Å²) in [5, 5.41) is 17.0. The molecule has 0 spiro atoms. The molecule has 0 radical (unpaired) electrons. The first-order valence-electron chi connectivity index (χ1n) is 16.5. The highest BCUT2D eigenvalue weighted by atomic mass is 35.5. The van der Waals surface area contributed by atoms with Crippen LogP contribution in [0.2, 0.25) is 10.6 Å². The molecule has 326 valence electrons. The number of halogens is 2. The predicted octanol–water partition coefficient (Wildman–Crippen LogP) is 3.91. The van der Waals surface area contributed by atoms with Crippen molar-refractivity contribution in [3.63, 3.8) is 0 Å². The van der Waals surface area contributed by atoms with Gasteiger partial charge < -0.3 is 14.8 Å². The van der Waals surface area contributed by atoms with Crippen LogP contribution in [0.1, 0.15) is 13.8 Å². The summed E-state index contributed by atoms with van der Waals surface area (Å²) in [7, 11) is -20.2. The number of ether oxygens (including phenoxy) is 1. The van der Waals surface area contributed by atoms with E-state index in [4.69, 9.17) is 27.9 Å². The molecule has 8 N–H and O–H groups in total. The summed E-state index contributed by atoms with van der Waals surface area (Å²) < 4.78 is 143. The standard InChI is InChI=1S/C31H25Cl2N11O14S4/c1-13(2)58-31-40-27(33)39-30(42-31)35-18-11-15(7-8-21(18)61(52,53)54)34-28-37-26(32)38-29(41-28)36-19-12-16(59(46,47)48)9-14-10-22(62(55,56)57)24(25(45)23(14)19)44-43-17-5-3-4-6-20(17)60(49,50)51/h3-13,45H,1-2H3,(H,46,47,48)(H,49,50,51)(H,52,53,54)(H,55,56,57)(H,35,39,40,42)(H2,34,36,37,38,41). The van der Waals surface area contributed by atoms with E-state index in [0.29, 0.717) is 12.1 Å². The highest BCUT2D eigenvalue weighted by Crippen LogP contribution is 2.46. The predicted molar refractivity (Wildman–Crippen MR) is 213 cm³/mol. The number of benzene rings is 4. The van der Waals surface area contributed by atoms with Crippen molar-refractivity contribution in [1.29, 1.82) is 0 Å². The maximum atomic E-state index is 12.5. The Hall–Kier alpha value is -6.02. The van der Waals surface area contributed by atoms with Crippen LogP contribution in [0.4, 0.5) is 28.4 Å². The summed E-state index contributed by atoms with van der Waals surface area (Å²) in [6, 6.07) is 9.59. The molecule has 2 heterocycles. The SMILES string of the molecule is CC(C)Oc1nc(Cl)nc(=Nc2cc(N=c3nc(Cl)[nH]c(=Nc4cc(S(=O)(=O)O)cc5cc(S(=O)(=O)O)c(N=Nc6ccccc6S(=O)(=O)O)c(O)c45)[nH]3)ccc2S(=O)(=O)O)[nH]1. The van der Waals surface area contributed by atoms with Crippen molar-refractivity contribution in [2.45, 2.75) is 39.5 Å². The van der Waals surface area contributed by atoms with E-state index in [1.165, 1.54) is 12.1 Å². The van der Waals surface area contributed by atoms with Gasteiger partial charge in [-0.1, -0.05) is 12.1 Å². The zero-order valence-corrected chi connectivity index (χ0v) is 35.5. The number of nitrogens with one attached hydrogen (secondary N) is 3. The van der Waals surface area contributed by atoms with Crippen LogP contribution in [-0.2, 0) is 40.5 Å². The van der Waals surface area contributed by atoms with Gasteiger partial charge in [-0.05, 0) is 91.0 Å². The summed E-state index contributed by atoms with van der Waals surface area (Å²) in [5.74, 6) is -1.13. The second-order valence-electron chi connectivity index (χ2n) is 12.4. The van der Waals surface area contributed by atoms with Gasteiger partial charge in [0.05, 0.1) is 33.4 Å². The van der Waals surface area contributed by atoms with E-state index in [-0.39, 0.29) is 34.3 Å². The second-order valence-corrected chi connectivity index (χ2v) is 18.7. The molecular formula is C31H25Cl2N11O14S4. The van der Waals surface area contributed by atoms with Gasteiger partial charge in [-0.15, -0.1) is 10.2 Å². The number of phenolic OH excluding ortho intramolecular Hbond substituents is 1. The first kappa shape index (κ1) is 45.5. The molecule has 6 rings (SSSR count). The van der Waals surface area contributed by atoms with Crippen LogP contribution in [0, 0.1) is 0 Å². The minimum atomic E-state index is -5.34. The molecule has 0 aliphatic heterocycles. The lowest BCUT2D eigenvalue weighted by atomic mass is 10.1. The van der Waals surface area contributed by atoms with Crippen LogP contribution in [0.3, 0.4) is 0 Å². The largest absolute Gasteiger partial charge is 0.505 e. The highest BCUT2D eigenvalue weighted by Gasteiger charge is 2.26. The number of azo groups is 1. The summed E-state index contributed by atoms with van der Waals surface area (Å²) in [5.41, 5.74) is -3.74. The molecule has 6 aromatic rings. The van der Waals surface area contributed by atoms with Gasteiger partial charge in [-0.3, -0.25) is 28.2 Å². The second kappa shape index (κ2) is 17.0. The lowest BCUT2D eigenvalue weighted by Crippen LogP contribution is -2.26. The lowest BCUT2D eigenvalue weighted by molar-refractivity contribution is 0.220. The average molecular weight is 975 g/mol. The Bertz CT molecular complexity index is 3540. The summed E-state index contributed by atoms with van der Waals surface area (Å²) in [6.07, 6.45) is -0.370. The Morgan fingerprint density at radius 2 is 1.29 bits per heavy atom. The average Bonchev–Trinajstić information content (AvgIpc) is 3.12. The number of fused-ring (bicyclic) bond motifs is 1. The minimum absolute atomic E-state index is 0.0910. The number of rotatable bonds is 11. The maximum Gasteiger partial charge on any atom is 0.299 e. The van der Waals surface area contributed by atoms with Gasteiger partial charge in [0.25, 0.3) is 46.5 Å².